The first kappa shape index (κ1) is 19.1. The maximum Gasteiger partial charge on any atom is 0.396 e. The van der Waals surface area contributed by atoms with Crippen LogP contribution in [0.25, 0.3) is 0 Å². The fourth-order valence-electron chi connectivity index (χ4n) is 4.80. The first-order chi connectivity index (χ1) is 12.4. The third-order valence-electron chi connectivity index (χ3n) is 6.05. The highest BCUT2D eigenvalue weighted by Gasteiger charge is 2.73. The molecule has 1 aliphatic heterocycles. The van der Waals surface area contributed by atoms with Crippen LogP contribution in [0.15, 0.2) is 30.3 Å². The summed E-state index contributed by atoms with van der Waals surface area (Å²) >= 11 is 0. The molecule has 10 heteroatoms. The highest BCUT2D eigenvalue weighted by Crippen LogP contribution is 2.62. The highest BCUT2D eigenvalue weighted by atomic mass is 32.2. The van der Waals surface area contributed by atoms with Crippen LogP contribution in [-0.4, -0.2) is 36.4 Å². The van der Waals surface area contributed by atoms with Crippen LogP contribution < -0.4 is 0 Å². The number of hydrogen-bond acceptors (Lipinski definition) is 5. The molecule has 0 radical (unpaired) electrons. The summed E-state index contributed by atoms with van der Waals surface area (Å²) in [7, 11) is -6.51. The van der Waals surface area contributed by atoms with Crippen LogP contribution in [0.2, 0.25) is 0 Å². The molecule has 2 bridgehead atoms. The molecular formula is C17H17F4O5S-. The number of hydrogen-bond donors (Lipinski definition) is 0. The van der Waals surface area contributed by atoms with Crippen LogP contribution in [0, 0.1) is 17.8 Å². The topological polar surface area (TPSA) is 75.7 Å². The predicted octanol–water partition coefficient (Wildman–Crippen LogP) is 3.07. The van der Waals surface area contributed by atoms with E-state index < -0.39 is 57.0 Å². The molecule has 1 aromatic carbocycles. The van der Waals surface area contributed by atoms with Gasteiger partial charge in [-0.05, 0) is 31.6 Å². The summed E-state index contributed by atoms with van der Waals surface area (Å²) in [6, 6.07) is 8.79. The summed E-state index contributed by atoms with van der Waals surface area (Å²) in [6.07, 6.45) is -1.59. The zero-order valence-electron chi connectivity index (χ0n) is 14.1. The maximum absolute atomic E-state index is 14.4. The van der Waals surface area contributed by atoms with E-state index in [1.165, 1.54) is 0 Å². The molecule has 0 spiro atoms. The Hall–Kier alpha value is -1.23. The van der Waals surface area contributed by atoms with Gasteiger partial charge in [0, 0.05) is 11.5 Å². The first-order valence-electron chi connectivity index (χ1n) is 8.51. The van der Waals surface area contributed by atoms with Crippen molar-refractivity contribution in [1.82, 2.24) is 0 Å². The lowest BCUT2D eigenvalue weighted by Crippen LogP contribution is -2.55. The molecule has 3 aliphatic rings. The molecule has 6 unspecified atom stereocenters. The van der Waals surface area contributed by atoms with Crippen molar-refractivity contribution in [3.8, 4) is 0 Å². The van der Waals surface area contributed by atoms with Gasteiger partial charge in [-0.3, -0.25) is 0 Å². The van der Waals surface area contributed by atoms with Gasteiger partial charge in [0.1, 0.15) is 0 Å². The van der Waals surface area contributed by atoms with Crippen LogP contribution in [-0.2, 0) is 25.4 Å². The fraction of sp³-hybridized carbons (Fsp3) is 0.647. The maximum atomic E-state index is 14.4. The molecule has 6 atom stereocenters. The molecule has 1 saturated heterocycles. The summed E-state index contributed by atoms with van der Waals surface area (Å²) in [4.78, 5) is 0. The number of ether oxygens (including phenoxy) is 2. The second-order valence-electron chi connectivity index (χ2n) is 7.57. The van der Waals surface area contributed by atoms with Crippen molar-refractivity contribution >= 4 is 10.1 Å². The third kappa shape index (κ3) is 2.56. The van der Waals surface area contributed by atoms with Crippen molar-refractivity contribution in [3.63, 3.8) is 0 Å². The summed E-state index contributed by atoms with van der Waals surface area (Å²) in [5.74, 6) is -9.64. The Morgan fingerprint density at radius 1 is 1.07 bits per heavy atom. The Bertz CT molecular complexity index is 846. The molecule has 0 aromatic heterocycles. The number of benzene rings is 1. The quantitative estimate of drug-likeness (QED) is 0.564. The predicted molar refractivity (Wildman–Crippen MR) is 82.8 cm³/mol. The largest absolute Gasteiger partial charge is 0.743 e. The minimum Gasteiger partial charge on any atom is -0.743 e. The molecular weight excluding hydrogens is 392 g/mol. The minimum absolute atomic E-state index is 0.162. The Labute approximate surface area is 153 Å². The van der Waals surface area contributed by atoms with Crippen LogP contribution >= 0.6 is 0 Å². The minimum atomic E-state index is -6.51. The van der Waals surface area contributed by atoms with Gasteiger partial charge < -0.3 is 14.0 Å². The zero-order valence-corrected chi connectivity index (χ0v) is 15.0. The van der Waals surface area contributed by atoms with Crippen molar-refractivity contribution in [2.45, 2.75) is 48.9 Å². The Balaban J connectivity index is 1.62. The molecule has 27 heavy (non-hydrogen) atoms. The van der Waals surface area contributed by atoms with Crippen molar-refractivity contribution in [2.75, 3.05) is 0 Å². The van der Waals surface area contributed by atoms with Crippen molar-refractivity contribution in [1.29, 1.82) is 0 Å². The zero-order chi connectivity index (χ0) is 19.8. The summed E-state index contributed by atoms with van der Waals surface area (Å²) in [5, 5.41) is -5.67. The van der Waals surface area contributed by atoms with Gasteiger partial charge in [0.15, 0.2) is 15.9 Å². The molecule has 3 fully saturated rings. The van der Waals surface area contributed by atoms with E-state index in [9.17, 15) is 30.5 Å². The van der Waals surface area contributed by atoms with Gasteiger partial charge in [0.25, 0.3) is 0 Å². The number of rotatable bonds is 4. The van der Waals surface area contributed by atoms with Gasteiger partial charge in [-0.25, -0.2) is 8.42 Å². The van der Waals surface area contributed by atoms with Crippen molar-refractivity contribution < 1.29 is 40.0 Å². The van der Waals surface area contributed by atoms with Gasteiger partial charge in [0.05, 0.1) is 12.2 Å². The molecule has 5 nitrogen and oxygen atoms in total. The molecule has 2 aliphatic carbocycles. The van der Waals surface area contributed by atoms with E-state index in [0.29, 0.717) is 5.56 Å². The van der Waals surface area contributed by atoms with Gasteiger partial charge in [-0.2, -0.15) is 17.6 Å². The molecule has 4 rings (SSSR count). The van der Waals surface area contributed by atoms with Gasteiger partial charge in [-0.1, -0.05) is 30.3 Å². The van der Waals surface area contributed by atoms with E-state index in [2.05, 4.69) is 0 Å². The normalized spacial score (nSPS) is 39.0. The summed E-state index contributed by atoms with van der Waals surface area (Å²) in [6.45, 7) is 1.63. The molecule has 2 saturated carbocycles. The van der Waals surface area contributed by atoms with Gasteiger partial charge in [-0.15, -0.1) is 0 Å². The second kappa shape index (κ2) is 5.65. The Kier molecular flexibility index (Phi) is 4.00. The SMILES string of the molecule is CC1(c2ccccc2)OC2C3CC(C2O1)C(C(F)(F)C(F)(F)S(=O)(=O)[O-])C3. The molecule has 1 heterocycles. The van der Waals surface area contributed by atoms with E-state index in [4.69, 9.17) is 9.47 Å². The molecule has 0 amide bonds. The van der Waals surface area contributed by atoms with Crippen LogP contribution in [0.4, 0.5) is 17.6 Å². The summed E-state index contributed by atoms with van der Waals surface area (Å²) < 4.78 is 100. The van der Waals surface area contributed by atoms with Gasteiger partial charge in [0.2, 0.25) is 0 Å². The lowest BCUT2D eigenvalue weighted by atomic mass is 9.81. The van der Waals surface area contributed by atoms with Gasteiger partial charge >= 0.3 is 11.2 Å². The molecule has 150 valence electrons. The third-order valence-corrected chi connectivity index (χ3v) is 6.95. The summed E-state index contributed by atoms with van der Waals surface area (Å²) in [5.41, 5.74) is 0.662. The Morgan fingerprint density at radius 3 is 2.26 bits per heavy atom. The first-order valence-corrected chi connectivity index (χ1v) is 9.91. The average Bonchev–Trinajstić information content (AvgIpc) is 3.24. The smallest absolute Gasteiger partial charge is 0.396 e. The van der Waals surface area contributed by atoms with E-state index >= 15 is 0 Å². The second-order valence-corrected chi connectivity index (χ2v) is 8.99. The van der Waals surface area contributed by atoms with E-state index in [1.807, 2.05) is 0 Å². The number of halogens is 4. The fourth-order valence-corrected chi connectivity index (χ4v) is 5.28. The van der Waals surface area contributed by atoms with Crippen LogP contribution in [0.1, 0.15) is 25.3 Å². The Morgan fingerprint density at radius 2 is 1.67 bits per heavy atom. The van der Waals surface area contributed by atoms with Crippen LogP contribution in [0.5, 0.6) is 0 Å². The van der Waals surface area contributed by atoms with E-state index in [0.717, 1.165) is 0 Å². The molecule has 1 aromatic rings. The van der Waals surface area contributed by atoms with E-state index in [-0.39, 0.29) is 12.8 Å². The van der Waals surface area contributed by atoms with Crippen LogP contribution in [0.3, 0.4) is 0 Å². The standard InChI is InChI=1S/C17H18F4O5S/c1-15(10-5-3-2-4-6-10)25-13-9-7-11(14(13)26-15)12(8-9)16(18,19)17(20,21)27(22,23)24/h2-6,9,11-14H,7-8H2,1H3,(H,22,23,24)/p-1. The lowest BCUT2D eigenvalue weighted by molar-refractivity contribution is -0.214. The number of alkyl halides is 4. The van der Waals surface area contributed by atoms with E-state index in [1.54, 1.807) is 37.3 Å². The lowest BCUT2D eigenvalue weighted by Gasteiger charge is -2.38. The van der Waals surface area contributed by atoms with Crippen molar-refractivity contribution in [2.24, 2.45) is 17.8 Å². The average molecular weight is 409 g/mol. The monoisotopic (exact) mass is 409 g/mol. The highest BCUT2D eigenvalue weighted by molar-refractivity contribution is 7.86. The number of fused-ring (bicyclic) bond motifs is 5. The van der Waals surface area contributed by atoms with Crippen molar-refractivity contribution in [3.05, 3.63) is 35.9 Å². The molecule has 0 N–H and O–H groups in total.